The van der Waals surface area contributed by atoms with E-state index in [-0.39, 0.29) is 11.7 Å². The van der Waals surface area contributed by atoms with Crippen molar-refractivity contribution >= 4 is 5.91 Å². The molecule has 1 aliphatic heterocycles. The number of rotatable bonds is 2. The lowest BCUT2D eigenvalue weighted by Crippen LogP contribution is -2.43. The molecule has 2 rings (SSSR count). The van der Waals surface area contributed by atoms with E-state index in [0.717, 1.165) is 31.5 Å². The third-order valence-electron chi connectivity index (χ3n) is 3.66. The van der Waals surface area contributed by atoms with Crippen LogP contribution in [0.25, 0.3) is 0 Å². The summed E-state index contributed by atoms with van der Waals surface area (Å²) in [5.74, 6) is 0.0454. The number of para-hydroxylation sites is 1. The van der Waals surface area contributed by atoms with Crippen LogP contribution in [-0.4, -0.2) is 42.1 Å². The zero-order chi connectivity index (χ0) is 13.1. The van der Waals surface area contributed by atoms with Gasteiger partial charge in [-0.15, -0.1) is 0 Å². The van der Waals surface area contributed by atoms with Gasteiger partial charge in [0.25, 0.3) is 5.91 Å². The highest BCUT2D eigenvalue weighted by Gasteiger charge is 2.24. The molecule has 4 nitrogen and oxygen atoms in total. The molecule has 1 fully saturated rings. The first-order valence-corrected chi connectivity index (χ1v) is 6.38. The van der Waals surface area contributed by atoms with Crippen LogP contribution >= 0.6 is 0 Å². The Morgan fingerprint density at radius 3 is 2.67 bits per heavy atom. The summed E-state index contributed by atoms with van der Waals surface area (Å²) in [5, 5.41) is 13.2. The maximum atomic E-state index is 12.3. The Kier molecular flexibility index (Phi) is 3.87. The van der Waals surface area contributed by atoms with Gasteiger partial charge in [0.05, 0.1) is 5.56 Å². The number of carbonyl (C=O) groups excluding carboxylic acids is 1. The lowest BCUT2D eigenvalue weighted by molar-refractivity contribution is 0.0704. The largest absolute Gasteiger partial charge is 0.507 e. The standard InChI is InChI=1S/C14H20N2O2/c1-10-4-3-5-12(13(10)17)14(18)16-8-6-11(15-2)7-9-16/h3-5,11,15,17H,6-9H2,1-2H3. The molecule has 0 bridgehead atoms. The molecule has 1 aromatic rings. The Bertz CT molecular complexity index is 437. The normalized spacial score (nSPS) is 16.9. The number of carbonyl (C=O) groups is 1. The van der Waals surface area contributed by atoms with Crippen LogP contribution in [0.15, 0.2) is 18.2 Å². The van der Waals surface area contributed by atoms with Gasteiger partial charge in [0, 0.05) is 19.1 Å². The lowest BCUT2D eigenvalue weighted by atomic mass is 10.0. The third kappa shape index (κ3) is 2.48. The van der Waals surface area contributed by atoms with Gasteiger partial charge in [-0.1, -0.05) is 12.1 Å². The fraction of sp³-hybridized carbons (Fsp3) is 0.500. The molecule has 2 N–H and O–H groups in total. The molecule has 1 aliphatic rings. The van der Waals surface area contributed by atoms with Crippen LogP contribution in [0.3, 0.4) is 0 Å². The molecule has 1 amide bonds. The molecule has 0 unspecified atom stereocenters. The van der Waals surface area contributed by atoms with Crippen LogP contribution in [-0.2, 0) is 0 Å². The fourth-order valence-electron chi connectivity index (χ4n) is 2.37. The molecule has 1 heterocycles. The molecule has 0 aliphatic carbocycles. The van der Waals surface area contributed by atoms with Crippen molar-refractivity contribution in [2.45, 2.75) is 25.8 Å². The first-order valence-electron chi connectivity index (χ1n) is 6.38. The summed E-state index contributed by atoms with van der Waals surface area (Å²) >= 11 is 0. The van der Waals surface area contributed by atoms with Crippen molar-refractivity contribution in [1.82, 2.24) is 10.2 Å². The Morgan fingerprint density at radius 1 is 1.39 bits per heavy atom. The molecular formula is C14H20N2O2. The van der Waals surface area contributed by atoms with Gasteiger partial charge in [-0.25, -0.2) is 0 Å². The zero-order valence-electron chi connectivity index (χ0n) is 10.9. The van der Waals surface area contributed by atoms with Crippen molar-refractivity contribution in [3.8, 4) is 5.75 Å². The molecule has 98 valence electrons. The highest BCUT2D eigenvalue weighted by atomic mass is 16.3. The Labute approximate surface area is 108 Å². The predicted molar refractivity (Wildman–Crippen MR) is 70.8 cm³/mol. The summed E-state index contributed by atoms with van der Waals surface area (Å²) < 4.78 is 0. The van der Waals surface area contributed by atoms with Crippen LogP contribution < -0.4 is 5.32 Å². The van der Waals surface area contributed by atoms with Crippen molar-refractivity contribution < 1.29 is 9.90 Å². The molecule has 18 heavy (non-hydrogen) atoms. The summed E-state index contributed by atoms with van der Waals surface area (Å²) in [6.45, 7) is 3.30. The highest BCUT2D eigenvalue weighted by Crippen LogP contribution is 2.24. The summed E-state index contributed by atoms with van der Waals surface area (Å²) in [5.41, 5.74) is 1.16. The van der Waals surface area contributed by atoms with Crippen LogP contribution in [0.5, 0.6) is 5.75 Å². The molecule has 0 saturated carbocycles. The zero-order valence-corrected chi connectivity index (χ0v) is 10.9. The van der Waals surface area contributed by atoms with Gasteiger partial charge in [-0.2, -0.15) is 0 Å². The molecule has 1 aromatic carbocycles. The Morgan fingerprint density at radius 2 is 2.06 bits per heavy atom. The smallest absolute Gasteiger partial charge is 0.257 e. The molecular weight excluding hydrogens is 228 g/mol. The average Bonchev–Trinajstić information content (AvgIpc) is 2.41. The number of likely N-dealkylation sites (tertiary alicyclic amines) is 1. The number of piperidine rings is 1. The van der Waals surface area contributed by atoms with Crippen molar-refractivity contribution in [2.75, 3.05) is 20.1 Å². The van der Waals surface area contributed by atoms with Gasteiger partial charge in [0.15, 0.2) is 0 Å². The van der Waals surface area contributed by atoms with Gasteiger partial charge in [0.1, 0.15) is 5.75 Å². The van der Waals surface area contributed by atoms with E-state index in [4.69, 9.17) is 0 Å². The number of nitrogens with one attached hydrogen (secondary N) is 1. The third-order valence-corrected chi connectivity index (χ3v) is 3.66. The molecule has 1 saturated heterocycles. The van der Waals surface area contributed by atoms with Crippen molar-refractivity contribution in [3.05, 3.63) is 29.3 Å². The van der Waals surface area contributed by atoms with E-state index in [1.807, 2.05) is 18.0 Å². The van der Waals surface area contributed by atoms with E-state index in [1.165, 1.54) is 0 Å². The fourth-order valence-corrected chi connectivity index (χ4v) is 2.37. The minimum absolute atomic E-state index is 0.0641. The highest BCUT2D eigenvalue weighted by molar-refractivity contribution is 5.97. The topological polar surface area (TPSA) is 52.6 Å². The predicted octanol–water partition coefficient (Wildman–Crippen LogP) is 1.52. The van der Waals surface area contributed by atoms with Gasteiger partial charge >= 0.3 is 0 Å². The van der Waals surface area contributed by atoms with E-state index >= 15 is 0 Å². The Balaban J connectivity index is 2.10. The van der Waals surface area contributed by atoms with Gasteiger partial charge < -0.3 is 15.3 Å². The number of nitrogens with zero attached hydrogens (tertiary/aromatic N) is 1. The SMILES string of the molecule is CNC1CCN(C(=O)c2cccc(C)c2O)CC1. The number of hydrogen-bond donors (Lipinski definition) is 2. The quantitative estimate of drug-likeness (QED) is 0.834. The minimum Gasteiger partial charge on any atom is -0.507 e. The van der Waals surface area contributed by atoms with E-state index < -0.39 is 0 Å². The van der Waals surface area contributed by atoms with E-state index in [0.29, 0.717) is 11.6 Å². The van der Waals surface area contributed by atoms with Crippen molar-refractivity contribution in [3.63, 3.8) is 0 Å². The number of amides is 1. The summed E-state index contributed by atoms with van der Waals surface area (Å²) in [6, 6.07) is 5.80. The van der Waals surface area contributed by atoms with Crippen LogP contribution in [0.1, 0.15) is 28.8 Å². The molecule has 0 aromatic heterocycles. The Hall–Kier alpha value is -1.55. The van der Waals surface area contributed by atoms with Gasteiger partial charge in [-0.3, -0.25) is 4.79 Å². The van der Waals surface area contributed by atoms with Gasteiger partial charge in [0.2, 0.25) is 0 Å². The first kappa shape index (κ1) is 12.9. The number of benzene rings is 1. The van der Waals surface area contributed by atoms with E-state index in [2.05, 4.69) is 5.32 Å². The molecule has 4 heteroatoms. The van der Waals surface area contributed by atoms with E-state index in [1.54, 1.807) is 19.1 Å². The second-order valence-corrected chi connectivity index (χ2v) is 4.83. The van der Waals surface area contributed by atoms with Crippen LogP contribution in [0, 0.1) is 6.92 Å². The monoisotopic (exact) mass is 248 g/mol. The number of aryl methyl sites for hydroxylation is 1. The number of phenolic OH excluding ortho intramolecular Hbond substituents is 1. The van der Waals surface area contributed by atoms with Gasteiger partial charge in [-0.05, 0) is 38.4 Å². The maximum absolute atomic E-state index is 12.3. The summed E-state index contributed by atoms with van der Waals surface area (Å²) in [7, 11) is 1.95. The minimum atomic E-state index is -0.0641. The summed E-state index contributed by atoms with van der Waals surface area (Å²) in [6.07, 6.45) is 1.93. The average molecular weight is 248 g/mol. The number of aromatic hydroxyl groups is 1. The number of phenols is 1. The van der Waals surface area contributed by atoms with Crippen molar-refractivity contribution in [2.24, 2.45) is 0 Å². The second kappa shape index (κ2) is 5.40. The molecule has 0 spiro atoms. The lowest BCUT2D eigenvalue weighted by Gasteiger charge is -2.32. The second-order valence-electron chi connectivity index (χ2n) is 4.83. The maximum Gasteiger partial charge on any atom is 0.257 e. The van der Waals surface area contributed by atoms with Crippen molar-refractivity contribution in [1.29, 1.82) is 0 Å². The van der Waals surface area contributed by atoms with Crippen LogP contribution in [0.4, 0.5) is 0 Å². The first-order chi connectivity index (χ1) is 8.63. The van der Waals surface area contributed by atoms with E-state index in [9.17, 15) is 9.90 Å². The summed E-state index contributed by atoms with van der Waals surface area (Å²) in [4.78, 5) is 14.1. The van der Waals surface area contributed by atoms with Crippen LogP contribution in [0.2, 0.25) is 0 Å². The molecule has 0 radical (unpaired) electrons. The molecule has 0 atom stereocenters. The number of hydrogen-bond acceptors (Lipinski definition) is 3.